The van der Waals surface area contributed by atoms with Crippen LogP contribution < -0.4 is 0 Å². The van der Waals surface area contributed by atoms with Gasteiger partial charge in [0.2, 0.25) is 5.91 Å². The molecule has 94 valence electrons. The number of amides is 1. The number of nitrogens with zero attached hydrogens (tertiary/aromatic N) is 1. The SMILES string of the molecule is CC(C)C(C)(CC(=O)N(C)CCO)C(=O)O. The fourth-order valence-corrected chi connectivity index (χ4v) is 1.25. The summed E-state index contributed by atoms with van der Waals surface area (Å²) in [6.07, 6.45) is -0.0451. The number of carboxylic acids is 1. The fourth-order valence-electron chi connectivity index (χ4n) is 1.25. The first-order valence-corrected chi connectivity index (χ1v) is 5.34. The van der Waals surface area contributed by atoms with Gasteiger partial charge in [-0.3, -0.25) is 9.59 Å². The van der Waals surface area contributed by atoms with E-state index in [1.807, 2.05) is 0 Å². The van der Waals surface area contributed by atoms with E-state index in [0.717, 1.165) is 0 Å². The van der Waals surface area contributed by atoms with Crippen molar-refractivity contribution in [2.24, 2.45) is 11.3 Å². The molecule has 1 amide bonds. The molecule has 0 aliphatic rings. The summed E-state index contributed by atoms with van der Waals surface area (Å²) in [4.78, 5) is 24.2. The lowest BCUT2D eigenvalue weighted by atomic mass is 9.76. The highest BCUT2D eigenvalue weighted by Gasteiger charge is 2.39. The monoisotopic (exact) mass is 231 g/mol. The van der Waals surface area contributed by atoms with E-state index in [-0.39, 0.29) is 31.4 Å². The molecule has 0 fully saturated rings. The maximum absolute atomic E-state index is 11.7. The Morgan fingerprint density at radius 3 is 2.19 bits per heavy atom. The zero-order chi connectivity index (χ0) is 12.9. The molecule has 0 spiro atoms. The van der Waals surface area contributed by atoms with Crippen molar-refractivity contribution in [1.29, 1.82) is 0 Å². The van der Waals surface area contributed by atoms with Crippen molar-refractivity contribution in [2.75, 3.05) is 20.2 Å². The Morgan fingerprint density at radius 1 is 1.38 bits per heavy atom. The maximum atomic E-state index is 11.7. The Balaban J connectivity index is 4.66. The standard InChI is InChI=1S/C11H21NO4/c1-8(2)11(3,10(15)16)7-9(14)12(4)5-6-13/h8,13H,5-7H2,1-4H3,(H,15,16). The van der Waals surface area contributed by atoms with Crippen LogP contribution in [0.1, 0.15) is 27.2 Å². The highest BCUT2D eigenvalue weighted by atomic mass is 16.4. The van der Waals surface area contributed by atoms with Gasteiger partial charge in [0.1, 0.15) is 0 Å². The Bertz CT molecular complexity index is 265. The smallest absolute Gasteiger partial charge is 0.310 e. The summed E-state index contributed by atoms with van der Waals surface area (Å²) in [6.45, 7) is 5.26. The molecule has 5 nitrogen and oxygen atoms in total. The van der Waals surface area contributed by atoms with Crippen LogP contribution >= 0.6 is 0 Å². The molecule has 0 radical (unpaired) electrons. The zero-order valence-electron chi connectivity index (χ0n) is 10.4. The van der Waals surface area contributed by atoms with Crippen LogP contribution in [0.3, 0.4) is 0 Å². The summed E-state index contributed by atoms with van der Waals surface area (Å²) < 4.78 is 0. The molecule has 0 aromatic rings. The predicted molar refractivity (Wildman–Crippen MR) is 59.9 cm³/mol. The van der Waals surface area contributed by atoms with Gasteiger partial charge in [-0.05, 0) is 12.8 Å². The molecule has 0 aromatic heterocycles. The number of aliphatic carboxylic acids is 1. The molecular formula is C11H21NO4. The molecule has 0 heterocycles. The highest BCUT2D eigenvalue weighted by Crippen LogP contribution is 2.31. The van der Waals surface area contributed by atoms with Crippen molar-refractivity contribution in [3.8, 4) is 0 Å². The third kappa shape index (κ3) is 3.48. The van der Waals surface area contributed by atoms with Crippen molar-refractivity contribution < 1.29 is 19.8 Å². The Kier molecular flexibility index (Phi) is 5.44. The summed E-state index contributed by atoms with van der Waals surface area (Å²) in [7, 11) is 1.56. The number of carboxylic acid groups (broad SMARTS) is 1. The Labute approximate surface area is 96.1 Å². The van der Waals surface area contributed by atoms with E-state index in [9.17, 15) is 9.59 Å². The number of carbonyl (C=O) groups is 2. The van der Waals surface area contributed by atoms with E-state index >= 15 is 0 Å². The molecule has 0 rings (SSSR count). The summed E-state index contributed by atoms with van der Waals surface area (Å²) in [5, 5.41) is 17.8. The van der Waals surface area contributed by atoms with Gasteiger partial charge in [0.25, 0.3) is 0 Å². The van der Waals surface area contributed by atoms with Crippen molar-refractivity contribution in [1.82, 2.24) is 4.90 Å². The van der Waals surface area contributed by atoms with Crippen LogP contribution in [0.2, 0.25) is 0 Å². The van der Waals surface area contributed by atoms with Crippen LogP contribution in [0.5, 0.6) is 0 Å². The van der Waals surface area contributed by atoms with E-state index in [4.69, 9.17) is 10.2 Å². The van der Waals surface area contributed by atoms with Crippen molar-refractivity contribution in [2.45, 2.75) is 27.2 Å². The molecule has 0 aromatic carbocycles. The lowest BCUT2D eigenvalue weighted by molar-refractivity contribution is -0.155. The summed E-state index contributed by atoms with van der Waals surface area (Å²) in [6, 6.07) is 0. The quantitative estimate of drug-likeness (QED) is 0.700. The molecule has 0 bridgehead atoms. The predicted octanol–water partition coefficient (Wildman–Crippen LogP) is 0.574. The number of carbonyl (C=O) groups excluding carboxylic acids is 1. The first-order chi connectivity index (χ1) is 7.25. The average molecular weight is 231 g/mol. The Hall–Kier alpha value is -1.10. The lowest BCUT2D eigenvalue weighted by Gasteiger charge is -2.30. The van der Waals surface area contributed by atoms with Crippen LogP contribution in [-0.2, 0) is 9.59 Å². The minimum Gasteiger partial charge on any atom is -0.481 e. The zero-order valence-corrected chi connectivity index (χ0v) is 10.4. The summed E-state index contributed by atoms with van der Waals surface area (Å²) in [5.74, 6) is -1.35. The van der Waals surface area contributed by atoms with E-state index in [1.165, 1.54) is 4.90 Å². The molecular weight excluding hydrogens is 210 g/mol. The van der Waals surface area contributed by atoms with Crippen molar-refractivity contribution in [3.05, 3.63) is 0 Å². The van der Waals surface area contributed by atoms with Gasteiger partial charge in [-0.15, -0.1) is 0 Å². The van der Waals surface area contributed by atoms with Gasteiger partial charge in [0.15, 0.2) is 0 Å². The minimum atomic E-state index is -1.05. The topological polar surface area (TPSA) is 77.8 Å². The first kappa shape index (κ1) is 14.9. The molecule has 1 unspecified atom stereocenters. The van der Waals surface area contributed by atoms with E-state index in [0.29, 0.717) is 0 Å². The second kappa shape index (κ2) is 5.84. The van der Waals surface area contributed by atoms with Gasteiger partial charge < -0.3 is 15.1 Å². The van der Waals surface area contributed by atoms with Crippen LogP contribution in [-0.4, -0.2) is 47.2 Å². The van der Waals surface area contributed by atoms with Crippen LogP contribution in [0, 0.1) is 11.3 Å². The molecule has 16 heavy (non-hydrogen) atoms. The van der Waals surface area contributed by atoms with E-state index < -0.39 is 11.4 Å². The molecule has 0 aliphatic carbocycles. The Morgan fingerprint density at radius 2 is 1.88 bits per heavy atom. The molecule has 5 heteroatoms. The number of aliphatic hydroxyl groups excluding tert-OH is 1. The second-order valence-electron chi connectivity index (χ2n) is 4.59. The number of hydrogen-bond donors (Lipinski definition) is 2. The second-order valence-corrected chi connectivity index (χ2v) is 4.59. The average Bonchev–Trinajstić information content (AvgIpc) is 2.17. The lowest BCUT2D eigenvalue weighted by Crippen LogP contribution is -2.40. The van der Waals surface area contributed by atoms with Crippen LogP contribution in [0.25, 0.3) is 0 Å². The molecule has 2 N–H and O–H groups in total. The molecule has 0 aliphatic heterocycles. The molecule has 0 saturated heterocycles. The number of hydrogen-bond acceptors (Lipinski definition) is 3. The molecule has 0 saturated carbocycles. The third-order valence-electron chi connectivity index (χ3n) is 3.14. The summed E-state index contributed by atoms with van der Waals surface area (Å²) in [5.41, 5.74) is -1.05. The van der Waals surface area contributed by atoms with Gasteiger partial charge in [-0.2, -0.15) is 0 Å². The molecule has 1 atom stereocenters. The maximum Gasteiger partial charge on any atom is 0.310 e. The van der Waals surface area contributed by atoms with E-state index in [1.54, 1.807) is 27.8 Å². The van der Waals surface area contributed by atoms with Gasteiger partial charge >= 0.3 is 5.97 Å². The van der Waals surface area contributed by atoms with E-state index in [2.05, 4.69) is 0 Å². The summed E-state index contributed by atoms with van der Waals surface area (Å²) >= 11 is 0. The number of likely N-dealkylation sites (N-methyl/N-ethyl adjacent to an activating group) is 1. The van der Waals surface area contributed by atoms with Crippen LogP contribution in [0.15, 0.2) is 0 Å². The number of aliphatic hydroxyl groups is 1. The van der Waals surface area contributed by atoms with Gasteiger partial charge in [0, 0.05) is 20.0 Å². The first-order valence-electron chi connectivity index (χ1n) is 5.34. The van der Waals surface area contributed by atoms with Gasteiger partial charge in [0.05, 0.1) is 12.0 Å². The largest absolute Gasteiger partial charge is 0.481 e. The third-order valence-corrected chi connectivity index (χ3v) is 3.14. The van der Waals surface area contributed by atoms with Gasteiger partial charge in [-0.1, -0.05) is 13.8 Å². The van der Waals surface area contributed by atoms with Gasteiger partial charge in [-0.25, -0.2) is 0 Å². The van der Waals surface area contributed by atoms with Crippen molar-refractivity contribution >= 4 is 11.9 Å². The number of rotatable bonds is 6. The van der Waals surface area contributed by atoms with Crippen LogP contribution in [0.4, 0.5) is 0 Å². The normalized spacial score (nSPS) is 14.6. The highest BCUT2D eigenvalue weighted by molar-refractivity contribution is 5.84. The minimum absolute atomic E-state index is 0.0451. The van der Waals surface area contributed by atoms with Crippen molar-refractivity contribution in [3.63, 3.8) is 0 Å². The fraction of sp³-hybridized carbons (Fsp3) is 0.818.